The van der Waals surface area contributed by atoms with Gasteiger partial charge in [-0.05, 0) is 38.1 Å². The zero-order valence-electron chi connectivity index (χ0n) is 16.0. The highest BCUT2D eigenvalue weighted by molar-refractivity contribution is 7.89. The summed E-state index contributed by atoms with van der Waals surface area (Å²) in [6, 6.07) is 4.68. The van der Waals surface area contributed by atoms with Gasteiger partial charge >= 0.3 is 0 Å². The van der Waals surface area contributed by atoms with Crippen LogP contribution in [0.15, 0.2) is 22.4 Å². The fourth-order valence-electron chi connectivity index (χ4n) is 3.85. The molecule has 144 valence electrons. The van der Waals surface area contributed by atoms with Crippen molar-refractivity contribution in [3.05, 3.63) is 33.8 Å². The Bertz CT molecular complexity index is 839. The van der Waals surface area contributed by atoms with E-state index in [0.29, 0.717) is 36.4 Å². The van der Waals surface area contributed by atoms with Crippen LogP contribution in [-0.4, -0.2) is 47.0 Å². The summed E-state index contributed by atoms with van der Waals surface area (Å²) in [5.41, 5.74) is 1.31. The minimum absolute atomic E-state index is 0.369. The molecule has 2 aromatic rings. The van der Waals surface area contributed by atoms with Crippen molar-refractivity contribution in [2.24, 2.45) is 0 Å². The summed E-state index contributed by atoms with van der Waals surface area (Å²) in [4.78, 5) is 4.15. The number of thiophene rings is 1. The monoisotopic (exact) mass is 396 g/mol. The van der Waals surface area contributed by atoms with Crippen molar-refractivity contribution >= 4 is 21.4 Å². The third kappa shape index (κ3) is 3.47. The van der Waals surface area contributed by atoms with Crippen LogP contribution in [-0.2, 0) is 16.7 Å². The van der Waals surface area contributed by atoms with Gasteiger partial charge in [-0.25, -0.2) is 8.42 Å². The van der Waals surface area contributed by atoms with E-state index in [9.17, 15) is 8.42 Å². The molecule has 0 saturated carbocycles. The first-order chi connectivity index (χ1) is 12.4. The van der Waals surface area contributed by atoms with Crippen molar-refractivity contribution in [3.63, 3.8) is 0 Å². The van der Waals surface area contributed by atoms with Crippen LogP contribution in [0.3, 0.4) is 0 Å². The Morgan fingerprint density at radius 2 is 2.04 bits per heavy atom. The van der Waals surface area contributed by atoms with E-state index in [-0.39, 0.29) is 0 Å². The summed E-state index contributed by atoms with van der Waals surface area (Å²) < 4.78 is 29.4. The number of rotatable bonds is 7. The van der Waals surface area contributed by atoms with Crippen LogP contribution in [0.5, 0.6) is 0 Å². The minimum Gasteiger partial charge on any atom is -0.276 e. The topological polar surface area (TPSA) is 58.4 Å². The molecule has 8 heteroatoms. The standard InChI is InChI=1S/C18H28N4O2S2/c1-5-21(6-2)26(23,24)18-14(3)19-22(15(18)4)13-20-11-7-9-16(20)17-10-8-12-25-17/h8,10,12,16H,5-7,9,11,13H2,1-4H3/t16-/m1/s1. The molecule has 1 aliphatic heterocycles. The lowest BCUT2D eigenvalue weighted by atomic mass is 10.2. The number of nitrogens with zero attached hydrogens (tertiary/aromatic N) is 4. The Morgan fingerprint density at radius 1 is 1.31 bits per heavy atom. The first-order valence-electron chi connectivity index (χ1n) is 9.21. The number of aryl methyl sites for hydroxylation is 1. The van der Waals surface area contributed by atoms with E-state index < -0.39 is 10.0 Å². The lowest BCUT2D eigenvalue weighted by molar-refractivity contribution is 0.191. The van der Waals surface area contributed by atoms with Crippen LogP contribution in [0, 0.1) is 13.8 Å². The molecule has 0 N–H and O–H groups in total. The van der Waals surface area contributed by atoms with Crippen LogP contribution in [0.4, 0.5) is 0 Å². The van der Waals surface area contributed by atoms with Crippen molar-refractivity contribution in [1.82, 2.24) is 19.0 Å². The minimum atomic E-state index is -3.50. The molecule has 1 aliphatic rings. The van der Waals surface area contributed by atoms with E-state index in [1.165, 1.54) is 9.18 Å². The van der Waals surface area contributed by atoms with Crippen LogP contribution >= 0.6 is 11.3 Å². The highest BCUT2D eigenvalue weighted by Gasteiger charge is 2.31. The normalized spacial score (nSPS) is 18.9. The third-order valence-corrected chi connectivity index (χ3v) is 8.45. The third-order valence-electron chi connectivity index (χ3n) is 5.17. The van der Waals surface area contributed by atoms with Gasteiger partial charge in [0.1, 0.15) is 4.90 Å². The second kappa shape index (κ2) is 7.80. The van der Waals surface area contributed by atoms with Crippen LogP contribution < -0.4 is 0 Å². The second-order valence-electron chi connectivity index (χ2n) is 6.72. The van der Waals surface area contributed by atoms with Crippen molar-refractivity contribution in [1.29, 1.82) is 0 Å². The van der Waals surface area contributed by atoms with Gasteiger partial charge in [0.05, 0.1) is 18.1 Å². The second-order valence-corrected chi connectivity index (χ2v) is 9.57. The number of aromatic nitrogens is 2. The highest BCUT2D eigenvalue weighted by Crippen LogP contribution is 2.35. The Labute approximate surface area is 160 Å². The fourth-order valence-corrected chi connectivity index (χ4v) is 6.58. The fraction of sp³-hybridized carbons (Fsp3) is 0.611. The summed E-state index contributed by atoms with van der Waals surface area (Å²) in [5.74, 6) is 0. The smallest absolute Gasteiger partial charge is 0.246 e. The summed E-state index contributed by atoms with van der Waals surface area (Å²) >= 11 is 1.79. The van der Waals surface area contributed by atoms with E-state index in [2.05, 4.69) is 27.5 Å². The quantitative estimate of drug-likeness (QED) is 0.720. The zero-order chi connectivity index (χ0) is 18.9. The van der Waals surface area contributed by atoms with Crippen LogP contribution in [0.2, 0.25) is 0 Å². The summed E-state index contributed by atoms with van der Waals surface area (Å²) in [6.45, 7) is 9.97. The SMILES string of the molecule is CCN(CC)S(=O)(=O)c1c(C)nn(CN2CCC[C@@H]2c2cccs2)c1C. The largest absolute Gasteiger partial charge is 0.276 e. The molecule has 1 saturated heterocycles. The molecule has 1 atom stereocenters. The summed E-state index contributed by atoms with van der Waals surface area (Å²) in [7, 11) is -3.50. The van der Waals surface area contributed by atoms with Gasteiger partial charge < -0.3 is 0 Å². The first-order valence-corrected chi connectivity index (χ1v) is 11.5. The van der Waals surface area contributed by atoms with Crippen LogP contribution in [0.25, 0.3) is 0 Å². The van der Waals surface area contributed by atoms with Gasteiger partial charge in [0.2, 0.25) is 10.0 Å². The molecule has 0 radical (unpaired) electrons. The number of hydrogen-bond acceptors (Lipinski definition) is 5. The molecule has 1 fully saturated rings. The Kier molecular flexibility index (Phi) is 5.86. The summed E-state index contributed by atoms with van der Waals surface area (Å²) in [6.07, 6.45) is 2.30. The maximum atomic E-state index is 13.0. The van der Waals surface area contributed by atoms with Gasteiger partial charge in [-0.15, -0.1) is 11.3 Å². The van der Waals surface area contributed by atoms with E-state index >= 15 is 0 Å². The van der Waals surface area contributed by atoms with Gasteiger partial charge in [-0.3, -0.25) is 9.58 Å². The van der Waals surface area contributed by atoms with Gasteiger partial charge in [0.25, 0.3) is 0 Å². The molecule has 0 aliphatic carbocycles. The predicted octanol–water partition coefficient (Wildman–Crippen LogP) is 3.39. The molecule has 6 nitrogen and oxygen atoms in total. The molecule has 0 bridgehead atoms. The van der Waals surface area contributed by atoms with Crippen molar-refractivity contribution < 1.29 is 8.42 Å². The summed E-state index contributed by atoms with van der Waals surface area (Å²) in [5, 5.41) is 6.69. The van der Waals surface area contributed by atoms with E-state index in [0.717, 1.165) is 25.1 Å². The number of sulfonamides is 1. The molecular formula is C18H28N4O2S2. The molecule has 0 unspecified atom stereocenters. The lowest BCUT2D eigenvalue weighted by Gasteiger charge is -2.24. The molecule has 26 heavy (non-hydrogen) atoms. The predicted molar refractivity (Wildman–Crippen MR) is 105 cm³/mol. The first kappa shape index (κ1) is 19.5. The van der Waals surface area contributed by atoms with E-state index in [1.54, 1.807) is 18.3 Å². The average molecular weight is 397 g/mol. The Morgan fingerprint density at radius 3 is 2.65 bits per heavy atom. The van der Waals surface area contributed by atoms with E-state index in [4.69, 9.17) is 0 Å². The van der Waals surface area contributed by atoms with Gasteiger partial charge in [-0.2, -0.15) is 9.40 Å². The van der Waals surface area contributed by atoms with Crippen molar-refractivity contribution in [2.75, 3.05) is 19.6 Å². The maximum Gasteiger partial charge on any atom is 0.246 e. The van der Waals surface area contributed by atoms with Crippen molar-refractivity contribution in [3.8, 4) is 0 Å². The molecule has 0 spiro atoms. The zero-order valence-corrected chi connectivity index (χ0v) is 17.6. The Balaban J connectivity index is 1.89. The molecular weight excluding hydrogens is 368 g/mol. The van der Waals surface area contributed by atoms with Gasteiger partial charge in [-0.1, -0.05) is 19.9 Å². The Hall–Kier alpha value is -1.22. The average Bonchev–Trinajstić information content (AvgIpc) is 3.30. The molecule has 0 amide bonds. The van der Waals surface area contributed by atoms with Crippen molar-refractivity contribution in [2.45, 2.75) is 58.1 Å². The molecule has 3 heterocycles. The number of hydrogen-bond donors (Lipinski definition) is 0. The van der Waals surface area contributed by atoms with E-state index in [1.807, 2.05) is 25.5 Å². The molecule has 0 aromatic carbocycles. The molecule has 2 aromatic heterocycles. The maximum absolute atomic E-state index is 13.0. The van der Waals surface area contributed by atoms with Crippen LogP contribution in [0.1, 0.15) is 49.0 Å². The van der Waals surface area contributed by atoms with Gasteiger partial charge in [0, 0.05) is 30.6 Å². The number of likely N-dealkylation sites (tertiary alicyclic amines) is 1. The lowest BCUT2D eigenvalue weighted by Crippen LogP contribution is -2.31. The van der Waals surface area contributed by atoms with Gasteiger partial charge in [0.15, 0.2) is 0 Å². The molecule has 3 rings (SSSR count). The highest BCUT2D eigenvalue weighted by atomic mass is 32.2.